The molecule has 2 aliphatic rings. The molecule has 0 aliphatic heterocycles. The van der Waals surface area contributed by atoms with Crippen LogP contribution < -0.4 is 5.56 Å². The number of nitrogens with one attached hydrogen (secondary N) is 1. The van der Waals surface area contributed by atoms with Gasteiger partial charge >= 0.3 is 0 Å². The minimum Gasteiger partial charge on any atom is -0.310 e. The summed E-state index contributed by atoms with van der Waals surface area (Å²) >= 11 is 1.66. The molecule has 0 radical (unpaired) electrons. The zero-order chi connectivity index (χ0) is 19.5. The SMILES string of the molecule is Cc1nc(C2CCC2c2nc3c(cnn3C3CCC(C)(F)CC3)c(=O)[nH]2)cs1. The van der Waals surface area contributed by atoms with Gasteiger partial charge in [-0.1, -0.05) is 0 Å². The zero-order valence-corrected chi connectivity index (χ0v) is 16.9. The fourth-order valence-electron chi connectivity index (χ4n) is 4.58. The van der Waals surface area contributed by atoms with Crippen molar-refractivity contribution in [3.8, 4) is 0 Å². The number of thiazole rings is 1. The van der Waals surface area contributed by atoms with Gasteiger partial charge in [0.1, 0.15) is 16.9 Å². The van der Waals surface area contributed by atoms with Gasteiger partial charge in [-0.2, -0.15) is 5.10 Å². The van der Waals surface area contributed by atoms with Crippen LogP contribution in [0.5, 0.6) is 0 Å². The van der Waals surface area contributed by atoms with E-state index in [4.69, 9.17) is 4.98 Å². The Balaban J connectivity index is 1.49. The molecule has 2 saturated carbocycles. The van der Waals surface area contributed by atoms with E-state index in [9.17, 15) is 9.18 Å². The normalized spacial score (nSPS) is 30.5. The maximum atomic E-state index is 14.2. The van der Waals surface area contributed by atoms with Crippen molar-refractivity contribution in [2.45, 2.75) is 75.9 Å². The lowest BCUT2D eigenvalue weighted by Crippen LogP contribution is -2.29. The minimum atomic E-state index is -1.10. The molecule has 28 heavy (non-hydrogen) atoms. The summed E-state index contributed by atoms with van der Waals surface area (Å²) in [6.45, 7) is 3.68. The molecule has 6 nitrogen and oxygen atoms in total. The van der Waals surface area contributed by atoms with Crippen molar-refractivity contribution in [2.24, 2.45) is 0 Å². The van der Waals surface area contributed by atoms with Crippen molar-refractivity contribution in [2.75, 3.05) is 0 Å². The number of alkyl halides is 1. The van der Waals surface area contributed by atoms with Crippen molar-refractivity contribution >= 4 is 22.4 Å². The highest BCUT2D eigenvalue weighted by molar-refractivity contribution is 7.09. The molecule has 2 unspecified atom stereocenters. The van der Waals surface area contributed by atoms with Gasteiger partial charge in [-0.05, 0) is 52.4 Å². The highest BCUT2D eigenvalue weighted by Crippen LogP contribution is 2.48. The predicted molar refractivity (Wildman–Crippen MR) is 107 cm³/mol. The summed E-state index contributed by atoms with van der Waals surface area (Å²) in [5.41, 5.74) is 0.494. The van der Waals surface area contributed by atoms with E-state index < -0.39 is 5.67 Å². The summed E-state index contributed by atoms with van der Waals surface area (Å²) < 4.78 is 16.0. The van der Waals surface area contributed by atoms with E-state index in [0.29, 0.717) is 29.8 Å². The molecule has 3 heterocycles. The molecule has 0 aromatic carbocycles. The van der Waals surface area contributed by atoms with Crippen LogP contribution in [0.25, 0.3) is 11.0 Å². The van der Waals surface area contributed by atoms with E-state index >= 15 is 0 Å². The van der Waals surface area contributed by atoms with Crippen molar-refractivity contribution < 1.29 is 4.39 Å². The van der Waals surface area contributed by atoms with Gasteiger partial charge in [0.25, 0.3) is 5.56 Å². The molecule has 0 spiro atoms. The fourth-order valence-corrected chi connectivity index (χ4v) is 5.25. The Bertz CT molecular complexity index is 1070. The number of rotatable bonds is 3. The molecule has 1 N–H and O–H groups in total. The Morgan fingerprint density at radius 1 is 1.21 bits per heavy atom. The first-order chi connectivity index (χ1) is 13.4. The number of H-pyrrole nitrogens is 1. The van der Waals surface area contributed by atoms with Crippen LogP contribution in [0, 0.1) is 6.92 Å². The summed E-state index contributed by atoms with van der Waals surface area (Å²) in [6, 6.07) is 0.0989. The molecule has 8 heteroatoms. The molecule has 0 bridgehead atoms. The van der Waals surface area contributed by atoms with Gasteiger partial charge in [0, 0.05) is 17.2 Å². The summed E-state index contributed by atoms with van der Waals surface area (Å²) in [6.07, 6.45) is 6.12. The van der Waals surface area contributed by atoms with Gasteiger partial charge in [0.15, 0.2) is 5.65 Å². The Hall–Kier alpha value is -2.09. The zero-order valence-electron chi connectivity index (χ0n) is 16.1. The lowest BCUT2D eigenvalue weighted by molar-refractivity contribution is 0.103. The van der Waals surface area contributed by atoms with E-state index in [2.05, 4.69) is 20.4 Å². The second kappa shape index (κ2) is 6.47. The van der Waals surface area contributed by atoms with Crippen LogP contribution in [0.15, 0.2) is 16.4 Å². The monoisotopic (exact) mass is 401 g/mol. The highest BCUT2D eigenvalue weighted by atomic mass is 32.1. The quantitative estimate of drug-likeness (QED) is 0.706. The van der Waals surface area contributed by atoms with E-state index in [0.717, 1.165) is 42.2 Å². The van der Waals surface area contributed by atoms with Gasteiger partial charge in [0.05, 0.1) is 22.9 Å². The van der Waals surface area contributed by atoms with Crippen LogP contribution in [-0.4, -0.2) is 30.4 Å². The number of fused-ring (bicyclic) bond motifs is 1. The molecule has 5 rings (SSSR count). The Labute approximate surface area is 166 Å². The van der Waals surface area contributed by atoms with Crippen molar-refractivity contribution in [1.29, 1.82) is 0 Å². The lowest BCUT2D eigenvalue weighted by Gasteiger charge is -2.34. The predicted octanol–water partition coefficient (Wildman–Crippen LogP) is 4.39. The molecular formula is C20H24FN5OS. The van der Waals surface area contributed by atoms with Gasteiger partial charge < -0.3 is 4.98 Å². The molecule has 2 fully saturated rings. The fraction of sp³-hybridized carbons (Fsp3) is 0.600. The van der Waals surface area contributed by atoms with Crippen molar-refractivity contribution in [3.63, 3.8) is 0 Å². The molecule has 148 valence electrons. The lowest BCUT2D eigenvalue weighted by atomic mass is 9.71. The summed E-state index contributed by atoms with van der Waals surface area (Å²) in [4.78, 5) is 25.1. The van der Waals surface area contributed by atoms with Crippen LogP contribution in [0.2, 0.25) is 0 Å². The first-order valence-electron chi connectivity index (χ1n) is 10.00. The summed E-state index contributed by atoms with van der Waals surface area (Å²) in [5, 5.41) is 8.14. The largest absolute Gasteiger partial charge is 0.310 e. The Morgan fingerprint density at radius 2 is 1.96 bits per heavy atom. The Kier molecular flexibility index (Phi) is 4.15. The second-order valence-electron chi connectivity index (χ2n) is 8.50. The minimum absolute atomic E-state index is 0.0989. The molecule has 3 aromatic rings. The number of hydrogen-bond donors (Lipinski definition) is 1. The van der Waals surface area contributed by atoms with Crippen LogP contribution in [0.4, 0.5) is 4.39 Å². The number of aromatic amines is 1. The molecular weight excluding hydrogens is 377 g/mol. The molecule has 2 aliphatic carbocycles. The van der Waals surface area contributed by atoms with Crippen LogP contribution >= 0.6 is 11.3 Å². The molecule has 0 saturated heterocycles. The van der Waals surface area contributed by atoms with Crippen LogP contribution in [0.3, 0.4) is 0 Å². The van der Waals surface area contributed by atoms with E-state index in [-0.39, 0.29) is 17.5 Å². The number of hydrogen-bond acceptors (Lipinski definition) is 5. The first-order valence-corrected chi connectivity index (χ1v) is 10.9. The standard InChI is InChI=1S/C20H24FN5OS/c1-11-23-16(10-28-11)13-3-4-14(13)17-24-18-15(19(27)25-17)9-22-26(18)12-5-7-20(2,21)8-6-12/h9-10,12-14H,3-8H2,1-2H3,(H,24,25,27). The topological polar surface area (TPSA) is 76.5 Å². The van der Waals surface area contributed by atoms with Crippen molar-refractivity contribution in [1.82, 2.24) is 24.7 Å². The Morgan fingerprint density at radius 3 is 2.61 bits per heavy atom. The average Bonchev–Trinajstić information content (AvgIpc) is 3.21. The third kappa shape index (κ3) is 2.98. The number of halogens is 1. The third-order valence-electron chi connectivity index (χ3n) is 6.47. The summed E-state index contributed by atoms with van der Waals surface area (Å²) in [5.74, 6) is 1.22. The molecule has 3 aromatic heterocycles. The number of aromatic nitrogens is 5. The number of aryl methyl sites for hydroxylation is 1. The van der Waals surface area contributed by atoms with Crippen molar-refractivity contribution in [3.05, 3.63) is 38.5 Å². The maximum absolute atomic E-state index is 14.2. The van der Waals surface area contributed by atoms with Gasteiger partial charge in [-0.3, -0.25) is 4.79 Å². The average molecular weight is 402 g/mol. The highest BCUT2D eigenvalue weighted by Gasteiger charge is 2.37. The number of nitrogens with zero attached hydrogens (tertiary/aromatic N) is 4. The van der Waals surface area contributed by atoms with E-state index in [1.54, 1.807) is 24.5 Å². The van der Waals surface area contributed by atoms with Crippen LogP contribution in [-0.2, 0) is 0 Å². The third-order valence-corrected chi connectivity index (χ3v) is 7.26. The molecule has 0 amide bonds. The molecule has 2 atom stereocenters. The van der Waals surface area contributed by atoms with Crippen LogP contribution in [0.1, 0.15) is 79.9 Å². The van der Waals surface area contributed by atoms with Gasteiger partial charge in [-0.15, -0.1) is 11.3 Å². The van der Waals surface area contributed by atoms with Gasteiger partial charge in [0.2, 0.25) is 0 Å². The first kappa shape index (κ1) is 18.0. The van der Waals surface area contributed by atoms with E-state index in [1.165, 1.54) is 0 Å². The smallest absolute Gasteiger partial charge is 0.262 e. The second-order valence-corrected chi connectivity index (χ2v) is 9.57. The maximum Gasteiger partial charge on any atom is 0.262 e. The summed E-state index contributed by atoms with van der Waals surface area (Å²) in [7, 11) is 0. The van der Waals surface area contributed by atoms with Gasteiger partial charge in [-0.25, -0.2) is 19.0 Å². The van der Waals surface area contributed by atoms with E-state index in [1.807, 2.05) is 11.6 Å².